The number of ether oxygens (including phenoxy) is 1. The smallest absolute Gasteiger partial charge is 0.264 e. The highest BCUT2D eigenvalue weighted by atomic mass is 32.2. The molecule has 0 bridgehead atoms. The Bertz CT molecular complexity index is 1370. The summed E-state index contributed by atoms with van der Waals surface area (Å²) in [6, 6.07) is 14.9. The summed E-state index contributed by atoms with van der Waals surface area (Å²) in [6.07, 6.45) is 0. The summed E-state index contributed by atoms with van der Waals surface area (Å²) in [5.41, 5.74) is 0.606. The minimum Gasteiger partial charge on any atom is -0.494 e. The van der Waals surface area contributed by atoms with E-state index in [9.17, 15) is 26.8 Å². The Morgan fingerprint density at radius 1 is 0.897 bits per heavy atom. The maximum absolute atomic E-state index is 13.7. The molecule has 1 N–H and O–H groups in total. The first-order valence-electron chi connectivity index (χ1n) is 12.4. The zero-order chi connectivity index (χ0) is 28.6. The number of benzene rings is 3. The van der Waals surface area contributed by atoms with Crippen molar-refractivity contribution >= 4 is 27.5 Å². The third-order valence-electron chi connectivity index (χ3n) is 5.90. The van der Waals surface area contributed by atoms with Gasteiger partial charge in [-0.05, 0) is 87.0 Å². The van der Waals surface area contributed by atoms with Crippen LogP contribution in [0, 0.1) is 11.6 Å². The molecule has 8 nitrogen and oxygen atoms in total. The fourth-order valence-corrected chi connectivity index (χ4v) is 5.24. The number of hydrogen-bond acceptors (Lipinski definition) is 5. The number of carbonyl (C=O) groups is 2. The molecule has 2 amide bonds. The Balaban J connectivity index is 2.00. The van der Waals surface area contributed by atoms with Gasteiger partial charge in [0.25, 0.3) is 10.0 Å². The summed E-state index contributed by atoms with van der Waals surface area (Å²) in [6.45, 7) is 5.04. The van der Waals surface area contributed by atoms with Gasteiger partial charge < -0.3 is 15.0 Å². The molecule has 3 rings (SSSR count). The van der Waals surface area contributed by atoms with Crippen molar-refractivity contribution in [1.82, 2.24) is 10.2 Å². The highest BCUT2D eigenvalue weighted by molar-refractivity contribution is 7.92. The molecule has 0 aliphatic carbocycles. The molecule has 1 unspecified atom stereocenters. The van der Waals surface area contributed by atoms with E-state index in [0.717, 1.165) is 16.4 Å². The van der Waals surface area contributed by atoms with Crippen LogP contribution < -0.4 is 14.4 Å². The molecule has 3 aromatic carbocycles. The Morgan fingerprint density at radius 3 is 2.00 bits per heavy atom. The molecule has 208 valence electrons. The fourth-order valence-electron chi connectivity index (χ4n) is 3.83. The second kappa shape index (κ2) is 13.2. The Kier molecular flexibility index (Phi) is 10.00. The van der Waals surface area contributed by atoms with Gasteiger partial charge in [0.05, 0.1) is 17.2 Å². The van der Waals surface area contributed by atoms with Gasteiger partial charge in [-0.3, -0.25) is 13.9 Å². The molecule has 0 saturated carbocycles. The number of likely N-dealkylation sites (N-methyl/N-ethyl adjacent to an activating group) is 1. The number of hydrogen-bond donors (Lipinski definition) is 1. The molecule has 3 aromatic rings. The number of halogens is 2. The van der Waals surface area contributed by atoms with Crippen molar-refractivity contribution in [2.24, 2.45) is 0 Å². The van der Waals surface area contributed by atoms with Crippen LogP contribution in [0.3, 0.4) is 0 Å². The van der Waals surface area contributed by atoms with E-state index in [0.29, 0.717) is 24.5 Å². The van der Waals surface area contributed by atoms with E-state index in [1.54, 1.807) is 13.8 Å². The molecule has 0 saturated heterocycles. The Hall–Kier alpha value is -3.99. The van der Waals surface area contributed by atoms with E-state index >= 15 is 0 Å². The fraction of sp³-hybridized carbons (Fsp3) is 0.286. The Morgan fingerprint density at radius 2 is 1.46 bits per heavy atom. The highest BCUT2D eigenvalue weighted by Gasteiger charge is 2.32. The third-order valence-corrected chi connectivity index (χ3v) is 7.69. The molecule has 0 aromatic heterocycles. The van der Waals surface area contributed by atoms with Gasteiger partial charge in [-0.1, -0.05) is 12.1 Å². The number of anilines is 1. The van der Waals surface area contributed by atoms with Gasteiger partial charge in [-0.15, -0.1) is 0 Å². The largest absolute Gasteiger partial charge is 0.494 e. The van der Waals surface area contributed by atoms with Crippen LogP contribution in [-0.4, -0.2) is 50.9 Å². The summed E-state index contributed by atoms with van der Waals surface area (Å²) in [5.74, 6) is -1.68. The number of amides is 2. The summed E-state index contributed by atoms with van der Waals surface area (Å²) in [7, 11) is -4.30. The molecule has 0 aliphatic rings. The van der Waals surface area contributed by atoms with E-state index in [2.05, 4.69) is 5.32 Å². The molecule has 11 heteroatoms. The zero-order valence-corrected chi connectivity index (χ0v) is 22.8. The van der Waals surface area contributed by atoms with Crippen molar-refractivity contribution in [3.8, 4) is 5.75 Å². The van der Waals surface area contributed by atoms with Crippen LogP contribution in [0.15, 0.2) is 77.7 Å². The van der Waals surface area contributed by atoms with Gasteiger partial charge in [-0.25, -0.2) is 17.2 Å². The maximum Gasteiger partial charge on any atom is 0.264 e. The average Bonchev–Trinajstić information content (AvgIpc) is 2.92. The van der Waals surface area contributed by atoms with Crippen LogP contribution in [0.1, 0.15) is 26.3 Å². The van der Waals surface area contributed by atoms with Gasteiger partial charge in [0.2, 0.25) is 11.8 Å². The van der Waals surface area contributed by atoms with E-state index in [1.165, 1.54) is 72.5 Å². The van der Waals surface area contributed by atoms with E-state index in [-0.39, 0.29) is 17.1 Å². The van der Waals surface area contributed by atoms with E-state index in [1.807, 2.05) is 0 Å². The quantitative estimate of drug-likeness (QED) is 0.360. The molecular weight excluding hydrogens is 528 g/mol. The molecular formula is C28H31F2N3O5S. The predicted octanol–water partition coefficient (Wildman–Crippen LogP) is 4.11. The molecule has 0 radical (unpaired) electrons. The normalized spacial score (nSPS) is 11.9. The lowest BCUT2D eigenvalue weighted by Gasteiger charge is -2.32. The van der Waals surface area contributed by atoms with Crippen LogP contribution in [0.4, 0.5) is 14.5 Å². The van der Waals surface area contributed by atoms with Gasteiger partial charge in [-0.2, -0.15) is 0 Å². The minimum atomic E-state index is -4.30. The highest BCUT2D eigenvalue weighted by Crippen LogP contribution is 2.26. The van der Waals surface area contributed by atoms with Crippen molar-refractivity contribution in [1.29, 1.82) is 0 Å². The molecule has 0 heterocycles. The minimum absolute atomic E-state index is 0.0611. The van der Waals surface area contributed by atoms with Crippen molar-refractivity contribution in [3.63, 3.8) is 0 Å². The lowest BCUT2D eigenvalue weighted by molar-refractivity contribution is -0.139. The molecule has 39 heavy (non-hydrogen) atoms. The zero-order valence-electron chi connectivity index (χ0n) is 21.9. The maximum atomic E-state index is 13.7. The molecule has 1 atom stereocenters. The van der Waals surface area contributed by atoms with Gasteiger partial charge >= 0.3 is 0 Å². The van der Waals surface area contributed by atoms with Crippen molar-refractivity contribution in [3.05, 3.63) is 90.0 Å². The third kappa shape index (κ3) is 7.53. The summed E-state index contributed by atoms with van der Waals surface area (Å²) >= 11 is 0. The molecule has 0 aliphatic heterocycles. The topological polar surface area (TPSA) is 96.0 Å². The van der Waals surface area contributed by atoms with Crippen LogP contribution in [0.2, 0.25) is 0 Å². The first-order chi connectivity index (χ1) is 18.6. The standard InChI is InChI=1S/C28H31F2N3O5S/c1-4-31-28(35)20(3)32(18-21-6-8-22(29)9-7-21)27(34)19-33(24-12-10-23(30)11-13-24)39(36,37)26-16-14-25(15-17-26)38-5-2/h6-17,20H,4-5,18-19H2,1-3H3,(H,31,35). The van der Waals surface area contributed by atoms with E-state index < -0.39 is 46.1 Å². The van der Waals surface area contributed by atoms with E-state index in [4.69, 9.17) is 4.74 Å². The number of carbonyl (C=O) groups excluding carboxylic acids is 2. The monoisotopic (exact) mass is 559 g/mol. The predicted molar refractivity (Wildman–Crippen MR) is 144 cm³/mol. The van der Waals surface area contributed by atoms with Gasteiger partial charge in [0.1, 0.15) is 30.0 Å². The second-order valence-corrected chi connectivity index (χ2v) is 10.5. The SMILES string of the molecule is CCNC(=O)C(C)N(Cc1ccc(F)cc1)C(=O)CN(c1ccc(F)cc1)S(=O)(=O)c1ccc(OCC)cc1. The summed E-state index contributed by atoms with van der Waals surface area (Å²) in [5, 5.41) is 2.66. The van der Waals surface area contributed by atoms with Crippen molar-refractivity contribution in [2.45, 2.75) is 38.3 Å². The Labute approximate surface area is 227 Å². The number of nitrogens with one attached hydrogen (secondary N) is 1. The summed E-state index contributed by atoms with van der Waals surface area (Å²) < 4.78 is 60.9. The average molecular weight is 560 g/mol. The first-order valence-corrected chi connectivity index (χ1v) is 13.8. The molecule has 0 spiro atoms. The van der Waals surface area contributed by atoms with Gasteiger partial charge in [0, 0.05) is 13.1 Å². The summed E-state index contributed by atoms with van der Waals surface area (Å²) in [4.78, 5) is 27.5. The van der Waals surface area contributed by atoms with Crippen LogP contribution in [0.5, 0.6) is 5.75 Å². The van der Waals surface area contributed by atoms with Crippen LogP contribution in [0.25, 0.3) is 0 Å². The van der Waals surface area contributed by atoms with Crippen molar-refractivity contribution in [2.75, 3.05) is 24.0 Å². The van der Waals surface area contributed by atoms with Gasteiger partial charge in [0.15, 0.2) is 0 Å². The van der Waals surface area contributed by atoms with Crippen LogP contribution in [-0.2, 0) is 26.2 Å². The second-order valence-electron chi connectivity index (χ2n) is 8.61. The first kappa shape index (κ1) is 29.6. The number of sulfonamides is 1. The van der Waals surface area contributed by atoms with Crippen LogP contribution >= 0.6 is 0 Å². The lowest BCUT2D eigenvalue weighted by atomic mass is 10.1. The number of nitrogens with zero attached hydrogens (tertiary/aromatic N) is 2. The molecule has 0 fully saturated rings. The number of rotatable bonds is 12. The van der Waals surface area contributed by atoms with Crippen molar-refractivity contribution < 1.29 is 31.5 Å². The lowest BCUT2D eigenvalue weighted by Crippen LogP contribution is -2.51.